The van der Waals surface area contributed by atoms with Crippen LogP contribution in [-0.2, 0) is 11.3 Å². The molecule has 1 atom stereocenters. The van der Waals surface area contributed by atoms with E-state index in [1.807, 2.05) is 18.5 Å². The first-order valence-electron chi connectivity index (χ1n) is 5.47. The average molecular weight is 223 g/mol. The fourth-order valence-corrected chi connectivity index (χ4v) is 1.95. The molecular formula is C11H17N3O2. The average Bonchev–Trinajstić information content (AvgIpc) is 2.96. The molecule has 2 heterocycles. The number of carbonyl (C=O) groups is 1. The van der Waals surface area contributed by atoms with Gasteiger partial charge in [0.1, 0.15) is 0 Å². The van der Waals surface area contributed by atoms with Gasteiger partial charge in [-0.05, 0) is 18.1 Å². The van der Waals surface area contributed by atoms with Crippen molar-refractivity contribution in [3.8, 4) is 0 Å². The van der Waals surface area contributed by atoms with Crippen LogP contribution in [0.25, 0.3) is 0 Å². The minimum atomic E-state index is -0.231. The Labute approximate surface area is 94.8 Å². The van der Waals surface area contributed by atoms with E-state index in [1.54, 1.807) is 4.90 Å². The van der Waals surface area contributed by atoms with Gasteiger partial charge in [0, 0.05) is 38.1 Å². The molecule has 5 nitrogen and oxygen atoms in total. The van der Waals surface area contributed by atoms with Gasteiger partial charge in [0.05, 0.1) is 7.11 Å². The lowest BCUT2D eigenvalue weighted by atomic mass is 10.2. The Morgan fingerprint density at radius 1 is 1.75 bits per heavy atom. The van der Waals surface area contributed by atoms with Gasteiger partial charge in [0.2, 0.25) is 0 Å². The van der Waals surface area contributed by atoms with E-state index in [9.17, 15) is 4.79 Å². The van der Waals surface area contributed by atoms with Crippen molar-refractivity contribution < 1.29 is 9.53 Å². The molecule has 5 heteroatoms. The summed E-state index contributed by atoms with van der Waals surface area (Å²) >= 11 is 0. The summed E-state index contributed by atoms with van der Waals surface area (Å²) in [7, 11) is 1.42. The first-order valence-corrected chi connectivity index (χ1v) is 5.47. The van der Waals surface area contributed by atoms with Gasteiger partial charge >= 0.3 is 6.09 Å². The predicted octanol–water partition coefficient (Wildman–Crippen LogP) is 0.945. The molecule has 0 bridgehead atoms. The number of rotatable bonds is 3. The van der Waals surface area contributed by atoms with Crippen LogP contribution in [0.1, 0.15) is 12.0 Å². The third-order valence-corrected chi connectivity index (χ3v) is 2.88. The molecule has 16 heavy (non-hydrogen) atoms. The summed E-state index contributed by atoms with van der Waals surface area (Å²) in [6.45, 7) is 2.34. The standard InChI is InChI=1S/C11H17N3O2/c1-16-11(15)14-5-3-10(8-14)13-7-9-2-4-12-6-9/h2,4,6,10,12-13H,3,5,7-8H2,1H3. The largest absolute Gasteiger partial charge is 0.453 e. The lowest BCUT2D eigenvalue weighted by Crippen LogP contribution is -2.34. The lowest BCUT2D eigenvalue weighted by molar-refractivity contribution is 0.132. The minimum Gasteiger partial charge on any atom is -0.453 e. The van der Waals surface area contributed by atoms with Crippen molar-refractivity contribution in [2.45, 2.75) is 19.0 Å². The molecule has 1 aliphatic heterocycles. The maximum Gasteiger partial charge on any atom is 0.409 e. The summed E-state index contributed by atoms with van der Waals surface area (Å²) < 4.78 is 4.69. The maximum atomic E-state index is 11.3. The van der Waals surface area contributed by atoms with Crippen molar-refractivity contribution in [3.05, 3.63) is 24.0 Å². The summed E-state index contributed by atoms with van der Waals surface area (Å²) in [5.74, 6) is 0. The molecule has 1 unspecified atom stereocenters. The van der Waals surface area contributed by atoms with Gasteiger partial charge in [-0.15, -0.1) is 0 Å². The highest BCUT2D eigenvalue weighted by Crippen LogP contribution is 2.10. The predicted molar refractivity (Wildman–Crippen MR) is 60.0 cm³/mol. The van der Waals surface area contributed by atoms with Crippen LogP contribution in [0, 0.1) is 0 Å². The molecule has 1 saturated heterocycles. The van der Waals surface area contributed by atoms with Gasteiger partial charge in [-0.25, -0.2) is 4.79 Å². The molecule has 0 spiro atoms. The molecule has 1 aromatic rings. The second-order valence-corrected chi connectivity index (χ2v) is 4.00. The van der Waals surface area contributed by atoms with Gasteiger partial charge < -0.3 is 19.9 Å². The zero-order valence-corrected chi connectivity index (χ0v) is 9.40. The second-order valence-electron chi connectivity index (χ2n) is 4.00. The number of carbonyl (C=O) groups excluding carboxylic acids is 1. The van der Waals surface area contributed by atoms with Gasteiger partial charge in [-0.3, -0.25) is 0 Å². The van der Waals surface area contributed by atoms with E-state index in [-0.39, 0.29) is 6.09 Å². The molecule has 1 fully saturated rings. The van der Waals surface area contributed by atoms with Crippen LogP contribution in [0.3, 0.4) is 0 Å². The highest BCUT2D eigenvalue weighted by Gasteiger charge is 2.26. The molecule has 1 aromatic heterocycles. The summed E-state index contributed by atoms with van der Waals surface area (Å²) in [6, 6.07) is 2.41. The number of hydrogen-bond donors (Lipinski definition) is 2. The number of amides is 1. The van der Waals surface area contributed by atoms with E-state index in [1.165, 1.54) is 12.7 Å². The lowest BCUT2D eigenvalue weighted by Gasteiger charge is -2.15. The van der Waals surface area contributed by atoms with Crippen LogP contribution in [0.2, 0.25) is 0 Å². The number of likely N-dealkylation sites (tertiary alicyclic amines) is 1. The zero-order chi connectivity index (χ0) is 11.4. The zero-order valence-electron chi connectivity index (χ0n) is 9.40. The number of aromatic amines is 1. The van der Waals surface area contributed by atoms with Gasteiger partial charge in [0.15, 0.2) is 0 Å². The molecular weight excluding hydrogens is 206 g/mol. The van der Waals surface area contributed by atoms with Crippen molar-refractivity contribution in [2.75, 3.05) is 20.2 Å². The molecule has 1 aliphatic rings. The highest BCUT2D eigenvalue weighted by molar-refractivity contribution is 5.67. The Morgan fingerprint density at radius 2 is 2.62 bits per heavy atom. The fraction of sp³-hybridized carbons (Fsp3) is 0.545. The number of nitrogens with one attached hydrogen (secondary N) is 2. The van der Waals surface area contributed by atoms with Gasteiger partial charge in [-0.1, -0.05) is 0 Å². The first-order chi connectivity index (χ1) is 7.79. The molecule has 1 amide bonds. The topological polar surface area (TPSA) is 57.4 Å². The van der Waals surface area contributed by atoms with Crippen molar-refractivity contribution in [1.29, 1.82) is 0 Å². The van der Waals surface area contributed by atoms with E-state index in [4.69, 9.17) is 0 Å². The van der Waals surface area contributed by atoms with Crippen LogP contribution in [0.15, 0.2) is 18.5 Å². The number of nitrogens with zero attached hydrogens (tertiary/aromatic N) is 1. The second kappa shape index (κ2) is 5.03. The smallest absolute Gasteiger partial charge is 0.409 e. The van der Waals surface area contributed by atoms with Gasteiger partial charge in [-0.2, -0.15) is 0 Å². The van der Waals surface area contributed by atoms with E-state index >= 15 is 0 Å². The van der Waals surface area contributed by atoms with E-state index in [2.05, 4.69) is 15.0 Å². The van der Waals surface area contributed by atoms with Crippen molar-refractivity contribution in [1.82, 2.24) is 15.2 Å². The molecule has 0 aliphatic carbocycles. The van der Waals surface area contributed by atoms with Crippen LogP contribution < -0.4 is 5.32 Å². The van der Waals surface area contributed by atoms with Crippen LogP contribution >= 0.6 is 0 Å². The first kappa shape index (κ1) is 11.0. The number of aromatic nitrogens is 1. The number of hydrogen-bond acceptors (Lipinski definition) is 3. The fourth-order valence-electron chi connectivity index (χ4n) is 1.95. The van der Waals surface area contributed by atoms with Gasteiger partial charge in [0.25, 0.3) is 0 Å². The quantitative estimate of drug-likeness (QED) is 0.802. The Morgan fingerprint density at radius 3 is 3.31 bits per heavy atom. The third kappa shape index (κ3) is 2.55. The molecule has 0 saturated carbocycles. The molecule has 0 radical (unpaired) electrons. The Hall–Kier alpha value is -1.49. The van der Waals surface area contributed by atoms with Crippen molar-refractivity contribution in [3.63, 3.8) is 0 Å². The Bertz CT molecular complexity index is 337. The third-order valence-electron chi connectivity index (χ3n) is 2.88. The molecule has 88 valence electrons. The molecule has 2 rings (SSSR count). The number of methoxy groups -OCH3 is 1. The van der Waals surface area contributed by atoms with E-state index in [0.29, 0.717) is 6.04 Å². The summed E-state index contributed by atoms with van der Waals surface area (Å²) in [5, 5.41) is 3.42. The Balaban J connectivity index is 1.75. The number of ether oxygens (including phenoxy) is 1. The SMILES string of the molecule is COC(=O)N1CCC(NCc2cc[nH]c2)C1. The van der Waals surface area contributed by atoms with E-state index in [0.717, 1.165) is 26.1 Å². The minimum absolute atomic E-state index is 0.231. The van der Waals surface area contributed by atoms with Crippen molar-refractivity contribution >= 4 is 6.09 Å². The summed E-state index contributed by atoms with van der Waals surface area (Å²) in [5.41, 5.74) is 1.23. The van der Waals surface area contributed by atoms with Crippen molar-refractivity contribution in [2.24, 2.45) is 0 Å². The normalized spacial score (nSPS) is 20.1. The van der Waals surface area contributed by atoms with Crippen LogP contribution in [0.5, 0.6) is 0 Å². The molecule has 0 aromatic carbocycles. The van der Waals surface area contributed by atoms with Crippen LogP contribution in [-0.4, -0.2) is 42.2 Å². The summed E-state index contributed by atoms with van der Waals surface area (Å²) in [4.78, 5) is 16.0. The molecule has 2 N–H and O–H groups in total. The Kier molecular flexibility index (Phi) is 3.46. The number of H-pyrrole nitrogens is 1. The highest BCUT2D eigenvalue weighted by atomic mass is 16.5. The maximum absolute atomic E-state index is 11.3. The monoisotopic (exact) mass is 223 g/mol. The van der Waals surface area contributed by atoms with E-state index < -0.39 is 0 Å². The summed E-state index contributed by atoms with van der Waals surface area (Å²) in [6.07, 6.45) is 4.64. The van der Waals surface area contributed by atoms with Crippen LogP contribution in [0.4, 0.5) is 4.79 Å².